The molecule has 0 aliphatic rings. The van der Waals surface area contributed by atoms with E-state index < -0.39 is 32.6 Å². The molecule has 0 heterocycles. The van der Waals surface area contributed by atoms with Gasteiger partial charge in [0.1, 0.15) is 16.5 Å². The predicted octanol–water partition coefficient (Wildman–Crippen LogP) is 3.42. The fourth-order valence-corrected chi connectivity index (χ4v) is 3.06. The molecule has 19 heavy (non-hydrogen) atoms. The summed E-state index contributed by atoms with van der Waals surface area (Å²) in [7, 11) is -1.82. The zero-order chi connectivity index (χ0) is 14.0. The van der Waals surface area contributed by atoms with Crippen LogP contribution in [0.3, 0.4) is 0 Å². The standard InChI is InChI=1S/C14H13F2NOS/c1-9(10-5-3-2-4-6-10)19(18)14-12(15)7-11(17)8-13(14)16/h2-9H,17H2,1H3. The molecule has 0 bridgehead atoms. The molecule has 0 amide bonds. The Morgan fingerprint density at radius 2 is 1.63 bits per heavy atom. The van der Waals surface area contributed by atoms with Gasteiger partial charge in [-0.1, -0.05) is 30.3 Å². The number of halogens is 2. The molecule has 2 atom stereocenters. The molecular formula is C14H13F2NOS. The molecule has 0 spiro atoms. The first kappa shape index (κ1) is 13.7. The molecule has 2 nitrogen and oxygen atoms in total. The highest BCUT2D eigenvalue weighted by molar-refractivity contribution is 7.85. The Kier molecular flexibility index (Phi) is 3.95. The number of nitrogen functional groups attached to an aromatic ring is 1. The number of rotatable bonds is 3. The van der Waals surface area contributed by atoms with E-state index in [-0.39, 0.29) is 5.69 Å². The lowest BCUT2D eigenvalue weighted by Gasteiger charge is -2.13. The number of hydrogen-bond donors (Lipinski definition) is 1. The molecule has 5 heteroatoms. The van der Waals surface area contributed by atoms with Crippen molar-refractivity contribution in [2.45, 2.75) is 17.1 Å². The summed E-state index contributed by atoms with van der Waals surface area (Å²) in [4.78, 5) is -0.425. The molecule has 2 unspecified atom stereocenters. The maximum Gasteiger partial charge on any atom is 0.144 e. The van der Waals surface area contributed by atoms with E-state index in [9.17, 15) is 13.0 Å². The van der Waals surface area contributed by atoms with Crippen LogP contribution in [0.4, 0.5) is 14.5 Å². The largest absolute Gasteiger partial charge is 0.399 e. The molecule has 0 radical (unpaired) electrons. The molecular weight excluding hydrogens is 268 g/mol. The Morgan fingerprint density at radius 1 is 1.11 bits per heavy atom. The van der Waals surface area contributed by atoms with Crippen molar-refractivity contribution in [1.82, 2.24) is 0 Å². The minimum Gasteiger partial charge on any atom is -0.399 e. The number of anilines is 1. The molecule has 0 fully saturated rings. The molecule has 2 aromatic rings. The van der Waals surface area contributed by atoms with Gasteiger partial charge in [-0.3, -0.25) is 4.21 Å². The molecule has 0 saturated carbocycles. The summed E-state index contributed by atoms with van der Waals surface area (Å²) in [6.07, 6.45) is 0. The van der Waals surface area contributed by atoms with E-state index in [2.05, 4.69) is 0 Å². The van der Waals surface area contributed by atoms with Crippen molar-refractivity contribution in [2.75, 3.05) is 5.73 Å². The van der Waals surface area contributed by atoms with Crippen molar-refractivity contribution >= 4 is 16.5 Å². The lowest BCUT2D eigenvalue weighted by molar-refractivity contribution is 0.534. The van der Waals surface area contributed by atoms with E-state index in [1.165, 1.54) is 0 Å². The van der Waals surface area contributed by atoms with E-state index in [0.717, 1.165) is 17.7 Å². The molecule has 0 aliphatic heterocycles. The first-order valence-corrected chi connectivity index (χ1v) is 6.92. The lowest BCUT2D eigenvalue weighted by Crippen LogP contribution is -2.08. The van der Waals surface area contributed by atoms with Crippen molar-refractivity contribution in [3.63, 3.8) is 0 Å². The summed E-state index contributed by atoms with van der Waals surface area (Å²) >= 11 is 0. The second-order valence-electron chi connectivity index (χ2n) is 4.16. The van der Waals surface area contributed by atoms with Gasteiger partial charge in [0.15, 0.2) is 0 Å². The van der Waals surface area contributed by atoms with Crippen LogP contribution in [0.5, 0.6) is 0 Å². The minimum atomic E-state index is -1.82. The lowest BCUT2D eigenvalue weighted by atomic mass is 10.2. The van der Waals surface area contributed by atoms with Crippen molar-refractivity contribution in [3.8, 4) is 0 Å². The van der Waals surface area contributed by atoms with Gasteiger partial charge < -0.3 is 5.73 Å². The third kappa shape index (κ3) is 2.81. The average Bonchev–Trinajstić information content (AvgIpc) is 2.37. The van der Waals surface area contributed by atoms with Crippen LogP contribution in [-0.4, -0.2) is 4.21 Å². The summed E-state index contributed by atoms with van der Waals surface area (Å²) in [6.45, 7) is 1.67. The quantitative estimate of drug-likeness (QED) is 0.876. The topological polar surface area (TPSA) is 43.1 Å². The Balaban J connectivity index is 2.40. The summed E-state index contributed by atoms with van der Waals surface area (Å²) in [5.74, 6) is -1.75. The van der Waals surface area contributed by atoms with Crippen molar-refractivity contribution < 1.29 is 13.0 Å². The van der Waals surface area contributed by atoms with Crippen LogP contribution in [0.1, 0.15) is 17.7 Å². The SMILES string of the molecule is CC(c1ccccc1)S(=O)c1c(F)cc(N)cc1F. The maximum atomic E-state index is 13.7. The van der Waals surface area contributed by atoms with Crippen LogP contribution >= 0.6 is 0 Å². The van der Waals surface area contributed by atoms with E-state index >= 15 is 0 Å². The molecule has 0 saturated heterocycles. The molecule has 0 aromatic heterocycles. The highest BCUT2D eigenvalue weighted by Gasteiger charge is 2.22. The molecule has 2 N–H and O–H groups in total. The summed E-state index contributed by atoms with van der Waals surface area (Å²) in [5.41, 5.74) is 6.07. The van der Waals surface area contributed by atoms with Gasteiger partial charge >= 0.3 is 0 Å². The second kappa shape index (κ2) is 5.48. The molecule has 2 aromatic carbocycles. The van der Waals surface area contributed by atoms with Gasteiger partial charge in [-0.2, -0.15) is 0 Å². The van der Waals surface area contributed by atoms with Gasteiger partial charge in [0.05, 0.1) is 16.0 Å². The van der Waals surface area contributed by atoms with Gasteiger partial charge in [0, 0.05) is 5.69 Å². The van der Waals surface area contributed by atoms with Gasteiger partial charge in [-0.15, -0.1) is 0 Å². The van der Waals surface area contributed by atoms with Crippen molar-refractivity contribution in [1.29, 1.82) is 0 Å². The maximum absolute atomic E-state index is 13.7. The van der Waals surface area contributed by atoms with Crippen molar-refractivity contribution in [3.05, 3.63) is 59.7 Å². The Morgan fingerprint density at radius 3 is 2.16 bits per heavy atom. The fourth-order valence-electron chi connectivity index (χ4n) is 1.80. The highest BCUT2D eigenvalue weighted by Crippen LogP contribution is 2.29. The van der Waals surface area contributed by atoms with Crippen molar-refractivity contribution in [2.24, 2.45) is 0 Å². The van der Waals surface area contributed by atoms with Crippen LogP contribution in [-0.2, 0) is 10.8 Å². The smallest absolute Gasteiger partial charge is 0.144 e. The zero-order valence-electron chi connectivity index (χ0n) is 10.3. The second-order valence-corrected chi connectivity index (χ2v) is 5.87. The number of hydrogen-bond acceptors (Lipinski definition) is 2. The Labute approximate surface area is 112 Å². The first-order valence-electron chi connectivity index (χ1n) is 5.70. The third-order valence-electron chi connectivity index (χ3n) is 2.81. The van der Waals surface area contributed by atoms with Gasteiger partial charge in [-0.05, 0) is 24.6 Å². The van der Waals surface area contributed by atoms with Crippen LogP contribution in [0.2, 0.25) is 0 Å². The van der Waals surface area contributed by atoms with Gasteiger partial charge in [-0.25, -0.2) is 8.78 Å². The number of nitrogens with two attached hydrogens (primary N) is 1. The monoisotopic (exact) mass is 281 g/mol. The zero-order valence-corrected chi connectivity index (χ0v) is 11.1. The van der Waals surface area contributed by atoms with Crippen LogP contribution in [0.15, 0.2) is 47.4 Å². The van der Waals surface area contributed by atoms with Crippen LogP contribution in [0.25, 0.3) is 0 Å². The summed E-state index contributed by atoms with van der Waals surface area (Å²) in [5, 5.41) is -0.506. The first-order chi connectivity index (χ1) is 9.00. The summed E-state index contributed by atoms with van der Waals surface area (Å²) < 4.78 is 39.7. The summed E-state index contributed by atoms with van der Waals surface area (Å²) in [6, 6.07) is 10.9. The normalized spacial score (nSPS) is 14.1. The predicted molar refractivity (Wildman–Crippen MR) is 72.0 cm³/mol. The molecule has 100 valence electrons. The average molecular weight is 281 g/mol. The Hall–Kier alpha value is -1.75. The van der Waals surface area contributed by atoms with Crippen LogP contribution < -0.4 is 5.73 Å². The van der Waals surface area contributed by atoms with E-state index in [4.69, 9.17) is 5.73 Å². The molecule has 0 aliphatic carbocycles. The highest BCUT2D eigenvalue weighted by atomic mass is 32.2. The minimum absolute atomic E-state index is 0.0249. The van der Waals surface area contributed by atoms with E-state index in [0.29, 0.717) is 0 Å². The van der Waals surface area contributed by atoms with E-state index in [1.54, 1.807) is 31.2 Å². The van der Waals surface area contributed by atoms with Gasteiger partial charge in [0.25, 0.3) is 0 Å². The fraction of sp³-hybridized carbons (Fsp3) is 0.143. The third-order valence-corrected chi connectivity index (χ3v) is 4.52. The van der Waals surface area contributed by atoms with E-state index in [1.807, 2.05) is 6.07 Å². The van der Waals surface area contributed by atoms with Crippen LogP contribution in [0, 0.1) is 11.6 Å². The number of benzene rings is 2. The Bertz CT molecular complexity index is 593. The van der Waals surface area contributed by atoms with Gasteiger partial charge in [0.2, 0.25) is 0 Å². The molecule has 2 rings (SSSR count).